The van der Waals surface area contributed by atoms with Crippen molar-refractivity contribution >= 4 is 27.6 Å². The van der Waals surface area contributed by atoms with Gasteiger partial charge in [0, 0.05) is 22.1 Å². The number of para-hydroxylation sites is 2. The van der Waals surface area contributed by atoms with E-state index in [1.807, 2.05) is 0 Å². The number of aryl methyl sites for hydroxylation is 3. The molecule has 0 aliphatic rings. The van der Waals surface area contributed by atoms with Crippen LogP contribution in [0.1, 0.15) is 43.2 Å². The summed E-state index contributed by atoms with van der Waals surface area (Å²) in [5.74, 6) is 0. The summed E-state index contributed by atoms with van der Waals surface area (Å²) < 4.78 is 2.31. The Morgan fingerprint density at radius 3 is 2.17 bits per heavy atom. The molecule has 0 N–H and O–H groups in total. The maximum absolute atomic E-state index is 5.08. The Balaban J connectivity index is 1.99. The third kappa shape index (κ3) is 2.80. The summed E-state index contributed by atoms with van der Waals surface area (Å²) in [6, 6.07) is 19.5. The molecule has 0 saturated heterocycles. The van der Waals surface area contributed by atoms with Gasteiger partial charge in [-0.1, -0.05) is 50.6 Å². The van der Waals surface area contributed by atoms with Crippen molar-refractivity contribution in [1.29, 1.82) is 0 Å². The van der Waals surface area contributed by atoms with Crippen molar-refractivity contribution < 1.29 is 0 Å². The highest BCUT2D eigenvalue weighted by molar-refractivity contribution is 6.00. The molecule has 0 aliphatic heterocycles. The molecule has 0 radical (unpaired) electrons. The Kier molecular flexibility index (Phi) is 4.01. The zero-order valence-corrected chi connectivity index (χ0v) is 18.5. The van der Waals surface area contributed by atoms with Gasteiger partial charge >= 0.3 is 0 Å². The van der Waals surface area contributed by atoms with E-state index in [2.05, 4.69) is 101 Å². The summed E-state index contributed by atoms with van der Waals surface area (Å²) in [7, 11) is 0. The number of imidazole rings is 1. The van der Waals surface area contributed by atoms with Crippen LogP contribution in [0.5, 0.6) is 0 Å². The first-order valence-electron chi connectivity index (χ1n) is 10.5. The third-order valence-electron chi connectivity index (χ3n) is 5.94. The standard InChI is InChI=1S/C27H27N3/c1-16-13-17(2)25(18(3)14-16)23-15-21-19(11-12-24(28-21)27(4,5)6)26-29-20-9-7-8-10-22(20)30(23)26/h7-15H,1-6H3. The molecule has 3 nitrogen and oxygen atoms in total. The molecule has 5 aromatic rings. The summed E-state index contributed by atoms with van der Waals surface area (Å²) in [5, 5.41) is 1.09. The lowest BCUT2D eigenvalue weighted by molar-refractivity contribution is 0.571. The molecule has 0 fully saturated rings. The molecule has 2 aromatic carbocycles. The van der Waals surface area contributed by atoms with E-state index in [4.69, 9.17) is 9.97 Å². The molecule has 0 unspecified atom stereocenters. The van der Waals surface area contributed by atoms with Crippen molar-refractivity contribution in [2.24, 2.45) is 0 Å². The molecule has 0 atom stereocenters. The average Bonchev–Trinajstić information content (AvgIpc) is 3.06. The van der Waals surface area contributed by atoms with Crippen LogP contribution in [0.15, 0.2) is 54.6 Å². The average molecular weight is 394 g/mol. The fourth-order valence-electron chi connectivity index (χ4n) is 4.60. The predicted molar refractivity (Wildman–Crippen MR) is 126 cm³/mol. The first-order valence-corrected chi connectivity index (χ1v) is 10.5. The number of pyridine rings is 2. The lowest BCUT2D eigenvalue weighted by Crippen LogP contribution is -2.13. The summed E-state index contributed by atoms with van der Waals surface area (Å²) in [6.45, 7) is 13.2. The van der Waals surface area contributed by atoms with Crippen LogP contribution in [0.2, 0.25) is 0 Å². The monoisotopic (exact) mass is 393 g/mol. The number of benzene rings is 2. The Morgan fingerprint density at radius 1 is 0.767 bits per heavy atom. The van der Waals surface area contributed by atoms with Gasteiger partial charge in [-0.25, -0.2) is 4.98 Å². The van der Waals surface area contributed by atoms with Crippen LogP contribution in [-0.4, -0.2) is 14.4 Å². The van der Waals surface area contributed by atoms with Gasteiger partial charge in [0.25, 0.3) is 0 Å². The summed E-state index contributed by atoms with van der Waals surface area (Å²) >= 11 is 0. The summed E-state index contributed by atoms with van der Waals surface area (Å²) in [6.07, 6.45) is 0. The zero-order valence-electron chi connectivity index (χ0n) is 18.5. The fourth-order valence-corrected chi connectivity index (χ4v) is 4.60. The van der Waals surface area contributed by atoms with Gasteiger partial charge in [0.15, 0.2) is 0 Å². The van der Waals surface area contributed by atoms with Gasteiger partial charge in [0.05, 0.1) is 22.2 Å². The molecule has 0 spiro atoms. The molecular weight excluding hydrogens is 366 g/mol. The van der Waals surface area contributed by atoms with Crippen molar-refractivity contribution in [1.82, 2.24) is 14.4 Å². The first-order chi connectivity index (χ1) is 14.2. The number of hydrogen-bond donors (Lipinski definition) is 0. The van der Waals surface area contributed by atoms with Crippen molar-refractivity contribution in [3.8, 4) is 11.3 Å². The van der Waals surface area contributed by atoms with Gasteiger partial charge < -0.3 is 0 Å². The van der Waals surface area contributed by atoms with Crippen LogP contribution < -0.4 is 0 Å². The molecular formula is C27H27N3. The fraction of sp³-hybridized carbons (Fsp3) is 0.259. The summed E-state index contributed by atoms with van der Waals surface area (Å²) in [4.78, 5) is 10.1. The van der Waals surface area contributed by atoms with Gasteiger partial charge in [-0.3, -0.25) is 9.38 Å². The quantitative estimate of drug-likeness (QED) is 0.309. The lowest BCUT2D eigenvalue weighted by Gasteiger charge is -2.19. The van der Waals surface area contributed by atoms with Crippen molar-refractivity contribution in [3.63, 3.8) is 0 Å². The van der Waals surface area contributed by atoms with Gasteiger partial charge in [-0.05, 0) is 62.2 Å². The molecule has 3 heterocycles. The Bertz CT molecular complexity index is 1430. The van der Waals surface area contributed by atoms with Crippen molar-refractivity contribution in [3.05, 3.63) is 77.0 Å². The number of rotatable bonds is 1. The minimum absolute atomic E-state index is 0.00366. The molecule has 0 amide bonds. The van der Waals surface area contributed by atoms with Crippen LogP contribution in [0.3, 0.4) is 0 Å². The van der Waals surface area contributed by atoms with Gasteiger partial charge in [-0.2, -0.15) is 0 Å². The number of aromatic nitrogens is 3. The van der Waals surface area contributed by atoms with E-state index in [0.717, 1.165) is 39.0 Å². The Labute approximate surface area is 177 Å². The maximum atomic E-state index is 5.08. The molecule has 150 valence electrons. The topological polar surface area (TPSA) is 30.2 Å². The Morgan fingerprint density at radius 2 is 1.47 bits per heavy atom. The molecule has 0 bridgehead atoms. The number of hydrogen-bond acceptors (Lipinski definition) is 2. The van der Waals surface area contributed by atoms with E-state index >= 15 is 0 Å². The van der Waals surface area contributed by atoms with E-state index < -0.39 is 0 Å². The van der Waals surface area contributed by atoms with E-state index in [-0.39, 0.29) is 5.41 Å². The molecule has 3 aromatic heterocycles. The normalized spacial score (nSPS) is 12.3. The third-order valence-corrected chi connectivity index (χ3v) is 5.94. The summed E-state index contributed by atoms with van der Waals surface area (Å²) in [5.41, 5.74) is 11.5. The molecule has 3 heteroatoms. The van der Waals surface area contributed by atoms with Crippen LogP contribution in [0.4, 0.5) is 0 Å². The molecule has 5 rings (SSSR count). The van der Waals surface area contributed by atoms with Gasteiger partial charge in [0.1, 0.15) is 5.65 Å². The SMILES string of the molecule is Cc1cc(C)c(-c2cc3nc(C(C)(C)C)ccc3c3nc4ccccc4n23)c(C)c1. The predicted octanol–water partition coefficient (Wildman–Crippen LogP) is 6.93. The molecule has 0 saturated carbocycles. The second kappa shape index (κ2) is 6.40. The lowest BCUT2D eigenvalue weighted by atomic mass is 9.91. The van der Waals surface area contributed by atoms with Crippen LogP contribution in [0.25, 0.3) is 38.8 Å². The van der Waals surface area contributed by atoms with Crippen molar-refractivity contribution in [2.75, 3.05) is 0 Å². The van der Waals surface area contributed by atoms with Gasteiger partial charge in [-0.15, -0.1) is 0 Å². The van der Waals surface area contributed by atoms with E-state index in [1.165, 1.54) is 22.3 Å². The Hall–Kier alpha value is -3.20. The second-order valence-corrected chi connectivity index (χ2v) is 9.44. The number of nitrogens with zero attached hydrogens (tertiary/aromatic N) is 3. The first kappa shape index (κ1) is 18.8. The highest BCUT2D eigenvalue weighted by Gasteiger charge is 2.20. The van der Waals surface area contributed by atoms with Gasteiger partial charge in [0.2, 0.25) is 0 Å². The van der Waals surface area contributed by atoms with E-state index in [1.54, 1.807) is 0 Å². The van der Waals surface area contributed by atoms with Crippen LogP contribution in [-0.2, 0) is 5.41 Å². The molecule has 30 heavy (non-hydrogen) atoms. The minimum Gasteiger partial charge on any atom is -0.292 e. The largest absolute Gasteiger partial charge is 0.292 e. The van der Waals surface area contributed by atoms with Crippen LogP contribution in [0, 0.1) is 20.8 Å². The second-order valence-electron chi connectivity index (χ2n) is 9.44. The smallest absolute Gasteiger partial charge is 0.147 e. The minimum atomic E-state index is -0.00366. The van der Waals surface area contributed by atoms with E-state index in [9.17, 15) is 0 Å². The highest BCUT2D eigenvalue weighted by atomic mass is 15.0. The highest BCUT2D eigenvalue weighted by Crippen LogP contribution is 2.35. The maximum Gasteiger partial charge on any atom is 0.147 e. The zero-order chi connectivity index (χ0) is 21.2. The van der Waals surface area contributed by atoms with E-state index in [0.29, 0.717) is 0 Å². The number of fused-ring (bicyclic) bond motifs is 5. The molecule has 0 aliphatic carbocycles. The van der Waals surface area contributed by atoms with Crippen LogP contribution >= 0.6 is 0 Å². The van der Waals surface area contributed by atoms with Crippen molar-refractivity contribution in [2.45, 2.75) is 47.0 Å².